The van der Waals surface area contributed by atoms with Crippen molar-refractivity contribution in [2.75, 3.05) is 7.11 Å². The minimum absolute atomic E-state index is 0.0783. The Morgan fingerprint density at radius 3 is 2.71 bits per heavy atom. The molecule has 0 saturated heterocycles. The second kappa shape index (κ2) is 5.58. The summed E-state index contributed by atoms with van der Waals surface area (Å²) in [5.41, 5.74) is 0.401. The van der Waals surface area contributed by atoms with Gasteiger partial charge in [-0.3, -0.25) is 4.68 Å². The van der Waals surface area contributed by atoms with E-state index in [1.807, 2.05) is 13.8 Å². The van der Waals surface area contributed by atoms with E-state index in [9.17, 15) is 5.11 Å². The van der Waals surface area contributed by atoms with Crippen LogP contribution < -0.4 is 4.74 Å². The summed E-state index contributed by atoms with van der Waals surface area (Å²) in [6.45, 7) is 5.65. The highest BCUT2D eigenvalue weighted by atomic mass is 16.5. The second-order valence-electron chi connectivity index (χ2n) is 5.36. The molecule has 110 valence electrons. The van der Waals surface area contributed by atoms with Crippen molar-refractivity contribution in [2.24, 2.45) is 0 Å². The molecule has 1 atom stereocenters. The Kier molecular flexibility index (Phi) is 4.01. The van der Waals surface area contributed by atoms with E-state index in [0.717, 1.165) is 0 Å². The van der Waals surface area contributed by atoms with Crippen molar-refractivity contribution in [1.82, 2.24) is 9.78 Å². The minimum Gasteiger partial charge on any atom is -0.493 e. The molecule has 0 aliphatic heterocycles. The lowest BCUT2D eigenvalue weighted by Gasteiger charge is -2.27. The van der Waals surface area contributed by atoms with Crippen LogP contribution in [0.1, 0.15) is 43.6 Å². The van der Waals surface area contributed by atoms with E-state index in [1.165, 1.54) is 0 Å². The zero-order chi connectivity index (χ0) is 15.6. The number of aliphatic hydroxyl groups is 1. The number of hydrogen-bond donors (Lipinski definition) is 1. The van der Waals surface area contributed by atoms with Gasteiger partial charge in [-0.15, -0.1) is 0 Å². The highest BCUT2D eigenvalue weighted by Crippen LogP contribution is 2.36. The van der Waals surface area contributed by atoms with Crippen molar-refractivity contribution in [3.8, 4) is 11.8 Å². The maximum atomic E-state index is 11.1. The van der Waals surface area contributed by atoms with Crippen LogP contribution in [0, 0.1) is 11.3 Å². The van der Waals surface area contributed by atoms with E-state index in [0.29, 0.717) is 22.6 Å². The molecule has 0 spiro atoms. The molecule has 1 aromatic carbocycles. The lowest BCUT2D eigenvalue weighted by atomic mass is 9.90. The van der Waals surface area contributed by atoms with E-state index in [1.54, 1.807) is 49.2 Å². The normalized spacial score (nSPS) is 13.8. The first-order valence-electron chi connectivity index (χ1n) is 6.76. The van der Waals surface area contributed by atoms with E-state index >= 15 is 0 Å². The number of hydrogen-bond acceptors (Lipinski definition) is 4. The fourth-order valence-electron chi connectivity index (χ4n) is 2.38. The third-order valence-electron chi connectivity index (χ3n) is 3.49. The predicted molar refractivity (Wildman–Crippen MR) is 79.0 cm³/mol. The molecule has 0 fully saturated rings. The first-order valence-corrected chi connectivity index (χ1v) is 6.76. The Hall–Kier alpha value is -2.32. The van der Waals surface area contributed by atoms with Gasteiger partial charge in [-0.25, -0.2) is 0 Å². The number of aromatic nitrogens is 2. The van der Waals surface area contributed by atoms with Gasteiger partial charge in [-0.2, -0.15) is 10.4 Å². The zero-order valence-corrected chi connectivity index (χ0v) is 12.7. The van der Waals surface area contributed by atoms with Crippen molar-refractivity contribution < 1.29 is 9.84 Å². The third-order valence-corrected chi connectivity index (χ3v) is 3.49. The molecular formula is C16H19N3O2. The Balaban J connectivity index is 2.62. The number of ether oxygens (including phenoxy) is 1. The van der Waals surface area contributed by atoms with Gasteiger partial charge in [0.1, 0.15) is 11.3 Å². The van der Waals surface area contributed by atoms with Crippen LogP contribution in [0.15, 0.2) is 30.5 Å². The maximum Gasteiger partial charge on any atom is 0.163 e. The highest BCUT2D eigenvalue weighted by molar-refractivity contribution is 5.43. The van der Waals surface area contributed by atoms with Gasteiger partial charge in [0.25, 0.3) is 0 Å². The van der Waals surface area contributed by atoms with Crippen LogP contribution in [0.2, 0.25) is 0 Å². The molecule has 0 radical (unpaired) electrons. The number of nitrogens with zero attached hydrogens (tertiary/aromatic N) is 3. The van der Waals surface area contributed by atoms with Gasteiger partial charge in [0.2, 0.25) is 0 Å². The standard InChI is InChI=1S/C16H19N3O2/c1-11(2)19-15(14(21-4)10-18-19)16(3,20)13-7-5-6-12(8-13)9-17/h5-8,10-11,20H,1-4H3. The van der Waals surface area contributed by atoms with Gasteiger partial charge in [-0.05, 0) is 38.5 Å². The quantitative estimate of drug-likeness (QED) is 0.937. The van der Waals surface area contributed by atoms with E-state index in [-0.39, 0.29) is 6.04 Å². The third kappa shape index (κ3) is 2.63. The Morgan fingerprint density at radius 1 is 1.43 bits per heavy atom. The van der Waals surface area contributed by atoms with Crippen LogP contribution >= 0.6 is 0 Å². The van der Waals surface area contributed by atoms with Crippen LogP contribution in [0.4, 0.5) is 0 Å². The van der Waals surface area contributed by atoms with Gasteiger partial charge in [0, 0.05) is 6.04 Å². The summed E-state index contributed by atoms with van der Waals surface area (Å²) in [7, 11) is 1.55. The number of methoxy groups -OCH3 is 1. The molecule has 2 aromatic rings. The van der Waals surface area contributed by atoms with Gasteiger partial charge >= 0.3 is 0 Å². The highest BCUT2D eigenvalue weighted by Gasteiger charge is 2.34. The fraction of sp³-hybridized carbons (Fsp3) is 0.375. The SMILES string of the molecule is COc1cnn(C(C)C)c1C(C)(O)c1cccc(C#N)c1. The molecule has 0 saturated carbocycles. The fourth-order valence-corrected chi connectivity index (χ4v) is 2.38. The van der Waals surface area contributed by atoms with E-state index in [4.69, 9.17) is 10.00 Å². The van der Waals surface area contributed by atoms with Crippen molar-refractivity contribution in [3.63, 3.8) is 0 Å². The summed E-state index contributed by atoms with van der Waals surface area (Å²) in [4.78, 5) is 0. The topological polar surface area (TPSA) is 71.1 Å². The van der Waals surface area contributed by atoms with Crippen LogP contribution in [-0.2, 0) is 5.60 Å². The molecule has 5 heteroatoms. The van der Waals surface area contributed by atoms with Crippen LogP contribution in [0.3, 0.4) is 0 Å². The molecule has 1 aromatic heterocycles. The van der Waals surface area contributed by atoms with E-state index < -0.39 is 5.60 Å². The molecule has 5 nitrogen and oxygen atoms in total. The number of nitriles is 1. The molecule has 1 heterocycles. The Morgan fingerprint density at radius 2 is 2.14 bits per heavy atom. The molecule has 0 bridgehead atoms. The summed E-state index contributed by atoms with van der Waals surface area (Å²) in [5, 5.41) is 24.4. The summed E-state index contributed by atoms with van der Waals surface area (Å²) >= 11 is 0. The summed E-state index contributed by atoms with van der Waals surface area (Å²) in [6.07, 6.45) is 1.60. The molecule has 0 amide bonds. The Labute approximate surface area is 124 Å². The lowest BCUT2D eigenvalue weighted by molar-refractivity contribution is 0.0867. The zero-order valence-electron chi connectivity index (χ0n) is 12.7. The lowest BCUT2D eigenvalue weighted by Crippen LogP contribution is -2.28. The average Bonchev–Trinajstić information content (AvgIpc) is 2.92. The van der Waals surface area contributed by atoms with E-state index in [2.05, 4.69) is 11.2 Å². The maximum absolute atomic E-state index is 11.1. The summed E-state index contributed by atoms with van der Waals surface area (Å²) < 4.78 is 7.07. The average molecular weight is 285 g/mol. The largest absolute Gasteiger partial charge is 0.493 e. The summed E-state index contributed by atoms with van der Waals surface area (Å²) in [6, 6.07) is 9.09. The van der Waals surface area contributed by atoms with Crippen molar-refractivity contribution >= 4 is 0 Å². The van der Waals surface area contributed by atoms with Crippen LogP contribution in [0.5, 0.6) is 5.75 Å². The smallest absolute Gasteiger partial charge is 0.163 e. The number of rotatable bonds is 4. The second-order valence-corrected chi connectivity index (χ2v) is 5.36. The van der Waals surface area contributed by atoms with Gasteiger partial charge < -0.3 is 9.84 Å². The van der Waals surface area contributed by atoms with Gasteiger partial charge in [0.15, 0.2) is 5.75 Å². The molecular weight excluding hydrogens is 266 g/mol. The molecule has 2 rings (SSSR count). The summed E-state index contributed by atoms with van der Waals surface area (Å²) in [5.74, 6) is 0.524. The van der Waals surface area contributed by atoms with Crippen LogP contribution in [-0.4, -0.2) is 22.0 Å². The first-order chi connectivity index (χ1) is 9.91. The molecule has 1 unspecified atom stereocenters. The number of benzene rings is 1. The first kappa shape index (κ1) is 15.1. The molecule has 0 aliphatic carbocycles. The van der Waals surface area contributed by atoms with Crippen molar-refractivity contribution in [3.05, 3.63) is 47.3 Å². The minimum atomic E-state index is -1.31. The molecule has 21 heavy (non-hydrogen) atoms. The molecule has 1 N–H and O–H groups in total. The van der Waals surface area contributed by atoms with Crippen molar-refractivity contribution in [2.45, 2.75) is 32.4 Å². The van der Waals surface area contributed by atoms with Crippen LogP contribution in [0.25, 0.3) is 0 Å². The van der Waals surface area contributed by atoms with Gasteiger partial charge in [0.05, 0.1) is 24.9 Å². The van der Waals surface area contributed by atoms with Gasteiger partial charge in [-0.1, -0.05) is 12.1 Å². The predicted octanol–water partition coefficient (Wildman–Crippen LogP) is 2.60. The van der Waals surface area contributed by atoms with Crippen molar-refractivity contribution in [1.29, 1.82) is 5.26 Å². The Bertz CT molecular complexity index is 681. The molecule has 0 aliphatic rings. The monoisotopic (exact) mass is 285 g/mol.